The number of hydrogen-bond acceptors (Lipinski definition) is 6. The third kappa shape index (κ3) is 64.8. The highest BCUT2D eigenvalue weighted by molar-refractivity contribution is 5.71. The zero-order valence-electron chi connectivity index (χ0n) is 51.9. The van der Waals surface area contributed by atoms with Gasteiger partial charge >= 0.3 is 17.9 Å². The van der Waals surface area contributed by atoms with E-state index in [1.54, 1.807) is 0 Å². The van der Waals surface area contributed by atoms with Crippen LogP contribution in [0.1, 0.15) is 316 Å². The molecule has 0 aliphatic carbocycles. The van der Waals surface area contributed by atoms with Crippen molar-refractivity contribution in [1.29, 1.82) is 0 Å². The van der Waals surface area contributed by atoms with E-state index in [0.29, 0.717) is 19.3 Å². The molecule has 79 heavy (non-hydrogen) atoms. The van der Waals surface area contributed by atoms with Crippen molar-refractivity contribution in [3.8, 4) is 0 Å². The fourth-order valence-corrected chi connectivity index (χ4v) is 9.30. The summed E-state index contributed by atoms with van der Waals surface area (Å²) >= 11 is 0. The van der Waals surface area contributed by atoms with E-state index in [4.69, 9.17) is 14.2 Å². The molecule has 0 spiro atoms. The van der Waals surface area contributed by atoms with Crippen LogP contribution in [-0.2, 0) is 28.6 Å². The fraction of sp³-hybridized carbons (Fsp3) is 0.712. The van der Waals surface area contributed by atoms with Crippen LogP contribution in [0.15, 0.2) is 109 Å². The van der Waals surface area contributed by atoms with E-state index in [1.165, 1.54) is 154 Å². The molecule has 0 bridgehead atoms. The smallest absolute Gasteiger partial charge is 0.306 e. The topological polar surface area (TPSA) is 78.9 Å². The minimum Gasteiger partial charge on any atom is -0.462 e. The normalized spacial score (nSPS) is 12.8. The molecule has 0 aromatic carbocycles. The lowest BCUT2D eigenvalue weighted by Gasteiger charge is -2.18. The van der Waals surface area contributed by atoms with Gasteiger partial charge in [-0.3, -0.25) is 14.4 Å². The highest BCUT2D eigenvalue weighted by atomic mass is 16.6. The molecule has 0 rings (SSSR count). The Bertz CT molecular complexity index is 1590. The van der Waals surface area contributed by atoms with Gasteiger partial charge in [0.05, 0.1) is 0 Å². The molecular formula is C73H124O6. The summed E-state index contributed by atoms with van der Waals surface area (Å²) in [4.78, 5) is 38.4. The number of ether oxygens (including phenoxy) is 3. The van der Waals surface area contributed by atoms with Gasteiger partial charge in [0, 0.05) is 19.3 Å². The molecule has 0 amide bonds. The Kier molecular flexibility index (Phi) is 63.3. The van der Waals surface area contributed by atoms with Gasteiger partial charge in [0.15, 0.2) is 6.10 Å². The summed E-state index contributed by atoms with van der Waals surface area (Å²) in [6.07, 6.45) is 91.0. The van der Waals surface area contributed by atoms with E-state index in [1.807, 2.05) is 0 Å². The maximum Gasteiger partial charge on any atom is 0.306 e. The summed E-state index contributed by atoms with van der Waals surface area (Å²) in [5.41, 5.74) is 0. The van der Waals surface area contributed by atoms with Gasteiger partial charge in [0.1, 0.15) is 13.2 Å². The summed E-state index contributed by atoms with van der Waals surface area (Å²) in [5.74, 6) is -0.905. The van der Waals surface area contributed by atoms with Gasteiger partial charge in [-0.1, -0.05) is 284 Å². The first kappa shape index (κ1) is 75.1. The molecule has 6 heteroatoms. The standard InChI is InChI=1S/C73H124O6/c1-4-7-10-13-16-19-22-25-28-31-33-34-35-36-37-38-40-42-45-48-51-54-57-60-63-66-72(75)78-69-70(68-77-71(74)65-62-59-56-53-50-47-44-41-30-27-24-21-18-15-12-9-6-3)79-73(76)67-64-61-58-55-52-49-46-43-39-32-29-26-23-20-17-14-11-8-5-2/h7,9-10,12,16,18-19,21,25-30,33-34,44,47,70H,4-6,8,11,13-15,17,20,22-24,31-32,35-43,45-46,48-69H2,1-3H3/b10-7-,12-9-,19-16-,21-18-,28-25-,29-26-,30-27-,34-33-,47-44-. The van der Waals surface area contributed by atoms with Crippen molar-refractivity contribution in [2.24, 2.45) is 0 Å². The van der Waals surface area contributed by atoms with Crippen molar-refractivity contribution in [3.63, 3.8) is 0 Å². The Morgan fingerprint density at radius 2 is 0.494 bits per heavy atom. The molecule has 0 heterocycles. The number of esters is 3. The molecule has 0 aromatic rings. The first-order valence-electron chi connectivity index (χ1n) is 33.4. The monoisotopic (exact) mass is 1100 g/mol. The Morgan fingerprint density at radius 1 is 0.266 bits per heavy atom. The fourth-order valence-electron chi connectivity index (χ4n) is 9.30. The molecule has 0 radical (unpaired) electrons. The predicted molar refractivity (Wildman–Crippen MR) is 343 cm³/mol. The van der Waals surface area contributed by atoms with Crippen LogP contribution in [0.3, 0.4) is 0 Å². The van der Waals surface area contributed by atoms with Crippen LogP contribution in [0.4, 0.5) is 0 Å². The first-order valence-corrected chi connectivity index (χ1v) is 33.4. The highest BCUT2D eigenvalue weighted by Gasteiger charge is 2.19. The average Bonchev–Trinajstić information content (AvgIpc) is 3.45. The lowest BCUT2D eigenvalue weighted by atomic mass is 10.0. The number of hydrogen-bond donors (Lipinski definition) is 0. The first-order chi connectivity index (χ1) is 39.0. The summed E-state index contributed by atoms with van der Waals surface area (Å²) < 4.78 is 17.0. The third-order valence-electron chi connectivity index (χ3n) is 14.2. The lowest BCUT2D eigenvalue weighted by molar-refractivity contribution is -0.167. The van der Waals surface area contributed by atoms with Crippen LogP contribution in [0.2, 0.25) is 0 Å². The largest absolute Gasteiger partial charge is 0.462 e. The van der Waals surface area contributed by atoms with Crippen LogP contribution in [0, 0.1) is 0 Å². The van der Waals surface area contributed by atoms with Crippen molar-refractivity contribution in [3.05, 3.63) is 109 Å². The molecule has 0 aromatic heterocycles. The second-order valence-corrected chi connectivity index (χ2v) is 22.0. The summed E-state index contributed by atoms with van der Waals surface area (Å²) in [7, 11) is 0. The van der Waals surface area contributed by atoms with E-state index in [9.17, 15) is 14.4 Å². The Balaban J connectivity index is 4.38. The maximum absolute atomic E-state index is 12.9. The number of unbranched alkanes of at least 4 members (excludes halogenated alkanes) is 31. The molecule has 6 nitrogen and oxygen atoms in total. The molecule has 0 N–H and O–H groups in total. The quantitative estimate of drug-likeness (QED) is 0.0261. The van der Waals surface area contributed by atoms with Gasteiger partial charge < -0.3 is 14.2 Å². The van der Waals surface area contributed by atoms with E-state index >= 15 is 0 Å². The maximum atomic E-state index is 12.9. The summed E-state index contributed by atoms with van der Waals surface area (Å²) in [5, 5.41) is 0. The van der Waals surface area contributed by atoms with Gasteiger partial charge in [-0.05, 0) is 122 Å². The van der Waals surface area contributed by atoms with E-state index in [0.717, 1.165) is 122 Å². The number of carbonyl (C=O) groups excluding carboxylic acids is 3. The molecule has 0 fully saturated rings. The van der Waals surface area contributed by atoms with E-state index in [-0.39, 0.29) is 31.1 Å². The van der Waals surface area contributed by atoms with Crippen molar-refractivity contribution in [2.45, 2.75) is 322 Å². The Morgan fingerprint density at radius 3 is 0.785 bits per heavy atom. The molecule has 0 aliphatic heterocycles. The predicted octanol–water partition coefficient (Wildman–Crippen LogP) is 23.0. The van der Waals surface area contributed by atoms with Gasteiger partial charge in [0.25, 0.3) is 0 Å². The molecule has 1 unspecified atom stereocenters. The molecule has 1 atom stereocenters. The molecule has 0 saturated carbocycles. The second kappa shape index (κ2) is 66.6. The molecule has 452 valence electrons. The molecule has 0 aliphatic rings. The van der Waals surface area contributed by atoms with E-state index in [2.05, 4.69) is 130 Å². The average molecular weight is 1100 g/mol. The second-order valence-electron chi connectivity index (χ2n) is 22.0. The van der Waals surface area contributed by atoms with Gasteiger partial charge in [-0.15, -0.1) is 0 Å². The van der Waals surface area contributed by atoms with Crippen molar-refractivity contribution >= 4 is 17.9 Å². The van der Waals surface area contributed by atoms with Crippen LogP contribution < -0.4 is 0 Å². The number of rotatable bonds is 60. The van der Waals surface area contributed by atoms with Crippen molar-refractivity contribution in [2.75, 3.05) is 13.2 Å². The van der Waals surface area contributed by atoms with Gasteiger partial charge in [0.2, 0.25) is 0 Å². The van der Waals surface area contributed by atoms with Crippen molar-refractivity contribution in [1.82, 2.24) is 0 Å². The van der Waals surface area contributed by atoms with E-state index < -0.39 is 6.10 Å². The summed E-state index contributed by atoms with van der Waals surface area (Å²) in [6, 6.07) is 0. The van der Waals surface area contributed by atoms with Crippen LogP contribution in [-0.4, -0.2) is 37.2 Å². The van der Waals surface area contributed by atoms with Crippen LogP contribution in [0.5, 0.6) is 0 Å². The van der Waals surface area contributed by atoms with Crippen LogP contribution >= 0.6 is 0 Å². The summed E-state index contributed by atoms with van der Waals surface area (Å²) in [6.45, 7) is 6.42. The minimum absolute atomic E-state index is 0.0874. The Hall–Kier alpha value is -3.93. The molecule has 0 saturated heterocycles. The highest BCUT2D eigenvalue weighted by Crippen LogP contribution is 2.16. The number of carbonyl (C=O) groups is 3. The Labute approximate surface area is 489 Å². The zero-order chi connectivity index (χ0) is 57.1. The zero-order valence-corrected chi connectivity index (χ0v) is 51.9. The lowest BCUT2D eigenvalue weighted by Crippen LogP contribution is -2.30. The SMILES string of the molecule is CC/C=C\C/C=C\C/C=C\C/C=C\CCCCCCCCCCCCCCC(=O)OCC(COC(=O)CCCCCC/C=C\C/C=C\C/C=C\C/C=C\CC)OC(=O)CCCCCCCCCCC/C=C\CCCCCCCC. The van der Waals surface area contributed by atoms with Gasteiger partial charge in [-0.25, -0.2) is 0 Å². The number of allylic oxidation sites excluding steroid dienone is 18. The van der Waals surface area contributed by atoms with Crippen LogP contribution in [0.25, 0.3) is 0 Å². The minimum atomic E-state index is -0.793. The van der Waals surface area contributed by atoms with Gasteiger partial charge in [-0.2, -0.15) is 0 Å². The molecular weight excluding hydrogens is 973 g/mol. The van der Waals surface area contributed by atoms with Crippen molar-refractivity contribution < 1.29 is 28.6 Å². The third-order valence-corrected chi connectivity index (χ3v) is 14.2.